The Hall–Kier alpha value is -2.35. The van der Waals surface area contributed by atoms with E-state index in [0.717, 1.165) is 20.9 Å². The molecule has 3 heterocycles. The molecule has 0 amide bonds. The lowest BCUT2D eigenvalue weighted by molar-refractivity contribution is 0.687. The van der Waals surface area contributed by atoms with Gasteiger partial charge in [0, 0.05) is 31.4 Å². The second-order valence-corrected chi connectivity index (χ2v) is 6.51. The molecule has 0 atom stereocenters. The van der Waals surface area contributed by atoms with Gasteiger partial charge in [0.25, 0.3) is 5.56 Å². The summed E-state index contributed by atoms with van der Waals surface area (Å²) >= 11 is 1.63. The van der Waals surface area contributed by atoms with Gasteiger partial charge in [-0.15, -0.1) is 11.3 Å². The van der Waals surface area contributed by atoms with E-state index in [1.54, 1.807) is 18.4 Å². The second kappa shape index (κ2) is 5.13. The zero-order valence-electron chi connectivity index (χ0n) is 12.9. The van der Waals surface area contributed by atoms with E-state index < -0.39 is 0 Å². The molecule has 0 aliphatic rings. The van der Waals surface area contributed by atoms with Crippen LogP contribution < -0.4 is 16.6 Å². The Bertz CT molecular complexity index is 976. The number of nitrogens with one attached hydrogen (secondary N) is 1. The number of hydrogen-bond donors (Lipinski definition) is 1. The minimum absolute atomic E-state index is 0.331. The second-order valence-electron chi connectivity index (χ2n) is 5.29. The van der Waals surface area contributed by atoms with Crippen molar-refractivity contribution in [1.29, 1.82) is 0 Å². The summed E-state index contributed by atoms with van der Waals surface area (Å²) in [5.74, 6) is 0. The van der Waals surface area contributed by atoms with Crippen molar-refractivity contribution >= 4 is 22.0 Å². The largest absolute Gasteiger partial charge is 0.374 e. The number of hydrogen-bond acceptors (Lipinski definition) is 5. The Morgan fingerprint density at radius 2 is 1.95 bits per heavy atom. The van der Waals surface area contributed by atoms with Crippen LogP contribution >= 0.6 is 11.3 Å². The van der Waals surface area contributed by atoms with Gasteiger partial charge in [-0.25, -0.2) is 9.78 Å². The van der Waals surface area contributed by atoms with Gasteiger partial charge in [0.15, 0.2) is 4.96 Å². The van der Waals surface area contributed by atoms with Crippen molar-refractivity contribution in [2.75, 3.05) is 5.32 Å². The number of nitrogens with zero attached hydrogens (tertiary/aromatic N) is 4. The minimum Gasteiger partial charge on any atom is -0.374 e. The van der Waals surface area contributed by atoms with Gasteiger partial charge in [-0.2, -0.15) is 0 Å². The monoisotopic (exact) mass is 319 g/mol. The highest BCUT2D eigenvalue weighted by Crippen LogP contribution is 2.21. The summed E-state index contributed by atoms with van der Waals surface area (Å²) in [5.41, 5.74) is 1.66. The van der Waals surface area contributed by atoms with Crippen molar-refractivity contribution in [3.05, 3.63) is 49.5 Å². The topological polar surface area (TPSA) is 73.3 Å². The molecular formula is C14H17N5O2S. The zero-order valence-corrected chi connectivity index (χ0v) is 13.7. The first-order chi connectivity index (χ1) is 10.4. The molecule has 7 nitrogen and oxygen atoms in total. The van der Waals surface area contributed by atoms with Crippen molar-refractivity contribution in [3.8, 4) is 0 Å². The van der Waals surface area contributed by atoms with E-state index in [1.165, 1.54) is 22.7 Å². The normalized spacial score (nSPS) is 11.3. The molecule has 116 valence electrons. The quantitative estimate of drug-likeness (QED) is 0.782. The van der Waals surface area contributed by atoms with Gasteiger partial charge in [0.05, 0.1) is 17.9 Å². The third-order valence-electron chi connectivity index (χ3n) is 3.63. The van der Waals surface area contributed by atoms with Crippen LogP contribution in [0.15, 0.2) is 22.0 Å². The van der Waals surface area contributed by atoms with Crippen LogP contribution in [0.4, 0.5) is 5.69 Å². The highest BCUT2D eigenvalue weighted by Gasteiger charge is 2.12. The lowest BCUT2D eigenvalue weighted by Gasteiger charge is -2.09. The fourth-order valence-electron chi connectivity index (χ4n) is 2.43. The number of anilines is 1. The molecule has 0 aliphatic carbocycles. The molecule has 0 aliphatic heterocycles. The van der Waals surface area contributed by atoms with Crippen LogP contribution in [0.1, 0.15) is 16.3 Å². The highest BCUT2D eigenvalue weighted by molar-refractivity contribution is 7.17. The first-order valence-electron chi connectivity index (χ1n) is 6.83. The molecule has 8 heteroatoms. The summed E-state index contributed by atoms with van der Waals surface area (Å²) in [6, 6.07) is 0. The molecule has 0 saturated carbocycles. The van der Waals surface area contributed by atoms with Crippen molar-refractivity contribution in [2.24, 2.45) is 14.1 Å². The summed E-state index contributed by atoms with van der Waals surface area (Å²) in [4.78, 5) is 30.5. The van der Waals surface area contributed by atoms with Gasteiger partial charge in [0.2, 0.25) is 0 Å². The summed E-state index contributed by atoms with van der Waals surface area (Å²) in [6.45, 7) is 4.45. The molecule has 0 unspecified atom stereocenters. The highest BCUT2D eigenvalue weighted by atomic mass is 32.1. The molecule has 3 rings (SSSR count). The summed E-state index contributed by atoms with van der Waals surface area (Å²) in [6.07, 6.45) is 3.56. The fraction of sp³-hybridized carbons (Fsp3) is 0.357. The van der Waals surface area contributed by atoms with Crippen molar-refractivity contribution in [2.45, 2.75) is 20.4 Å². The third kappa shape index (κ3) is 2.25. The van der Waals surface area contributed by atoms with E-state index in [2.05, 4.69) is 10.3 Å². The van der Waals surface area contributed by atoms with Crippen LogP contribution in [0.5, 0.6) is 0 Å². The van der Waals surface area contributed by atoms with Gasteiger partial charge < -0.3 is 9.88 Å². The van der Waals surface area contributed by atoms with Crippen molar-refractivity contribution in [3.63, 3.8) is 0 Å². The number of aryl methyl sites for hydroxylation is 3. The lowest BCUT2D eigenvalue weighted by atomic mass is 10.3. The summed E-state index contributed by atoms with van der Waals surface area (Å²) < 4.78 is 4.52. The average molecular weight is 319 g/mol. The van der Waals surface area contributed by atoms with E-state index in [4.69, 9.17) is 0 Å². The Morgan fingerprint density at radius 1 is 1.23 bits per heavy atom. The van der Waals surface area contributed by atoms with E-state index in [1.807, 2.05) is 24.4 Å². The molecule has 0 fully saturated rings. The average Bonchev–Trinajstić information content (AvgIpc) is 2.95. The van der Waals surface area contributed by atoms with Crippen LogP contribution in [0.25, 0.3) is 4.96 Å². The van der Waals surface area contributed by atoms with E-state index in [9.17, 15) is 9.59 Å². The predicted molar refractivity (Wildman–Crippen MR) is 86.8 cm³/mol. The maximum Gasteiger partial charge on any atom is 0.330 e. The molecule has 0 bridgehead atoms. The van der Waals surface area contributed by atoms with Gasteiger partial charge in [-0.1, -0.05) is 0 Å². The van der Waals surface area contributed by atoms with E-state index in [0.29, 0.717) is 12.2 Å². The van der Waals surface area contributed by atoms with Gasteiger partial charge in [-0.05, 0) is 13.8 Å². The first-order valence-corrected chi connectivity index (χ1v) is 7.64. The van der Waals surface area contributed by atoms with Crippen LogP contribution in [0.3, 0.4) is 0 Å². The van der Waals surface area contributed by atoms with Crippen LogP contribution in [-0.4, -0.2) is 18.5 Å². The minimum atomic E-state index is -0.341. The Labute approximate surface area is 130 Å². The smallest absolute Gasteiger partial charge is 0.330 e. The van der Waals surface area contributed by atoms with E-state index in [-0.39, 0.29) is 11.2 Å². The maximum atomic E-state index is 12.1. The molecule has 0 spiro atoms. The van der Waals surface area contributed by atoms with Crippen molar-refractivity contribution < 1.29 is 0 Å². The molecule has 0 saturated heterocycles. The van der Waals surface area contributed by atoms with Gasteiger partial charge >= 0.3 is 5.69 Å². The third-order valence-corrected chi connectivity index (χ3v) is 4.53. The number of imidazole rings is 1. The Balaban J connectivity index is 1.96. The Morgan fingerprint density at radius 3 is 2.68 bits per heavy atom. The summed E-state index contributed by atoms with van der Waals surface area (Å²) in [7, 11) is 3.10. The van der Waals surface area contributed by atoms with Crippen LogP contribution in [-0.2, 0) is 20.6 Å². The SMILES string of the molecule is Cc1cn2c(CNc3cn(C)c(=O)n(C)c3=O)c(C)nc2s1. The number of rotatable bonds is 3. The molecule has 1 N–H and O–H groups in total. The maximum absolute atomic E-state index is 12.1. The lowest BCUT2D eigenvalue weighted by Crippen LogP contribution is -2.37. The Kier molecular flexibility index (Phi) is 3.40. The fourth-order valence-corrected chi connectivity index (χ4v) is 3.32. The molecule has 3 aromatic rings. The van der Waals surface area contributed by atoms with Crippen LogP contribution in [0, 0.1) is 13.8 Å². The molecule has 22 heavy (non-hydrogen) atoms. The van der Waals surface area contributed by atoms with Gasteiger partial charge in [0.1, 0.15) is 5.69 Å². The number of fused-ring (bicyclic) bond motifs is 1. The molecule has 3 aromatic heterocycles. The van der Waals surface area contributed by atoms with Crippen molar-refractivity contribution in [1.82, 2.24) is 18.5 Å². The molecule has 0 radical (unpaired) electrons. The first kappa shape index (κ1) is 14.6. The molecular weight excluding hydrogens is 302 g/mol. The van der Waals surface area contributed by atoms with Gasteiger partial charge in [-0.3, -0.25) is 13.8 Å². The zero-order chi connectivity index (χ0) is 16.0. The predicted octanol–water partition coefficient (Wildman–Crippen LogP) is 1.02. The standard InChI is InChI=1S/C14H17N5O2S/c1-8-6-19-11(9(2)16-13(19)22-8)5-15-10-7-17(3)14(21)18(4)12(10)20/h6-7,15H,5H2,1-4H3. The summed E-state index contributed by atoms with van der Waals surface area (Å²) in [5, 5.41) is 3.12. The number of thiazole rings is 1. The number of aromatic nitrogens is 4. The molecule has 0 aromatic carbocycles. The van der Waals surface area contributed by atoms with E-state index >= 15 is 0 Å². The van der Waals surface area contributed by atoms with Crippen LogP contribution in [0.2, 0.25) is 0 Å².